The standard InChI is InChI=1S/C27H25FN4OS/c1-19-8-15-24(16-9-19)32-26(20(2)29-25(33)17-12-21-6-4-3-5-7-21)30-31-27(32)34-18-22-10-13-23(28)14-11-22/h3-17,20H,18H2,1-2H3,(H,29,33)/b17-12+. The molecule has 1 heterocycles. The Hall–Kier alpha value is -3.71. The summed E-state index contributed by atoms with van der Waals surface area (Å²) in [6.07, 6.45) is 3.29. The smallest absolute Gasteiger partial charge is 0.244 e. The van der Waals surface area contributed by atoms with Crippen molar-refractivity contribution < 1.29 is 9.18 Å². The van der Waals surface area contributed by atoms with Crippen molar-refractivity contribution in [1.29, 1.82) is 0 Å². The van der Waals surface area contributed by atoms with Gasteiger partial charge < -0.3 is 5.32 Å². The molecule has 0 bridgehead atoms. The monoisotopic (exact) mass is 472 g/mol. The van der Waals surface area contributed by atoms with Crippen LogP contribution >= 0.6 is 11.8 Å². The molecule has 1 unspecified atom stereocenters. The van der Waals surface area contributed by atoms with E-state index in [4.69, 9.17) is 0 Å². The third-order valence-electron chi connectivity index (χ3n) is 5.20. The highest BCUT2D eigenvalue weighted by Gasteiger charge is 2.20. The number of hydrogen-bond donors (Lipinski definition) is 1. The van der Waals surface area contributed by atoms with Gasteiger partial charge in [0.25, 0.3) is 0 Å². The first-order chi connectivity index (χ1) is 16.5. The molecular formula is C27H25FN4OS. The van der Waals surface area contributed by atoms with E-state index in [1.807, 2.05) is 73.0 Å². The Morgan fingerprint density at radius 2 is 1.74 bits per heavy atom. The average Bonchev–Trinajstić information content (AvgIpc) is 3.28. The normalized spacial score (nSPS) is 12.1. The number of carbonyl (C=O) groups is 1. The van der Waals surface area contributed by atoms with E-state index in [9.17, 15) is 9.18 Å². The lowest BCUT2D eigenvalue weighted by Gasteiger charge is -2.16. The molecule has 172 valence electrons. The van der Waals surface area contributed by atoms with Crippen molar-refractivity contribution in [1.82, 2.24) is 20.1 Å². The van der Waals surface area contributed by atoms with Gasteiger partial charge in [-0.2, -0.15) is 0 Å². The third kappa shape index (κ3) is 5.99. The number of carbonyl (C=O) groups excluding carboxylic acids is 1. The molecule has 4 aromatic rings. The molecule has 1 N–H and O–H groups in total. The first kappa shape index (κ1) is 23.4. The van der Waals surface area contributed by atoms with Crippen molar-refractivity contribution in [2.45, 2.75) is 30.8 Å². The summed E-state index contributed by atoms with van der Waals surface area (Å²) in [6.45, 7) is 3.92. The molecule has 0 saturated heterocycles. The topological polar surface area (TPSA) is 59.8 Å². The van der Waals surface area contributed by atoms with Crippen LogP contribution in [0.5, 0.6) is 0 Å². The molecule has 1 amide bonds. The minimum Gasteiger partial charge on any atom is -0.343 e. The van der Waals surface area contributed by atoms with Gasteiger partial charge in [0.2, 0.25) is 5.91 Å². The van der Waals surface area contributed by atoms with Crippen LogP contribution in [0, 0.1) is 12.7 Å². The molecule has 0 saturated carbocycles. The summed E-state index contributed by atoms with van der Waals surface area (Å²) in [5.74, 6) is 0.775. The zero-order valence-electron chi connectivity index (χ0n) is 19.0. The Morgan fingerprint density at radius 1 is 1.03 bits per heavy atom. The van der Waals surface area contributed by atoms with Crippen molar-refractivity contribution >= 4 is 23.7 Å². The Kier molecular flexibility index (Phi) is 7.54. The van der Waals surface area contributed by atoms with Crippen LogP contribution in [-0.2, 0) is 10.5 Å². The fraction of sp³-hybridized carbons (Fsp3) is 0.148. The second kappa shape index (κ2) is 10.9. The lowest BCUT2D eigenvalue weighted by molar-refractivity contribution is -0.117. The van der Waals surface area contributed by atoms with Crippen LogP contribution in [0.2, 0.25) is 0 Å². The van der Waals surface area contributed by atoms with E-state index in [1.54, 1.807) is 18.2 Å². The van der Waals surface area contributed by atoms with Crippen LogP contribution in [0.25, 0.3) is 11.8 Å². The molecule has 4 rings (SSSR count). The Morgan fingerprint density at radius 3 is 2.44 bits per heavy atom. The molecule has 34 heavy (non-hydrogen) atoms. The minimum absolute atomic E-state index is 0.213. The fourth-order valence-corrected chi connectivity index (χ4v) is 4.30. The van der Waals surface area contributed by atoms with Gasteiger partial charge in [-0.25, -0.2) is 4.39 Å². The van der Waals surface area contributed by atoms with E-state index in [2.05, 4.69) is 15.5 Å². The number of thioether (sulfide) groups is 1. The number of rotatable bonds is 8. The number of nitrogens with one attached hydrogen (secondary N) is 1. The van der Waals surface area contributed by atoms with E-state index in [0.29, 0.717) is 16.7 Å². The second-order valence-corrected chi connectivity index (χ2v) is 8.84. The van der Waals surface area contributed by atoms with Crippen molar-refractivity contribution in [2.24, 2.45) is 0 Å². The number of aryl methyl sites for hydroxylation is 1. The predicted molar refractivity (Wildman–Crippen MR) is 134 cm³/mol. The molecule has 1 aromatic heterocycles. The summed E-state index contributed by atoms with van der Waals surface area (Å²) < 4.78 is 15.2. The predicted octanol–water partition coefficient (Wildman–Crippen LogP) is 5.90. The van der Waals surface area contributed by atoms with Gasteiger partial charge >= 0.3 is 0 Å². The fourth-order valence-electron chi connectivity index (χ4n) is 3.38. The van der Waals surface area contributed by atoms with Gasteiger partial charge in [0.15, 0.2) is 11.0 Å². The number of aromatic nitrogens is 3. The number of halogens is 1. The summed E-state index contributed by atoms with van der Waals surface area (Å²) in [5, 5.41) is 12.5. The molecule has 0 fully saturated rings. The highest BCUT2D eigenvalue weighted by Crippen LogP contribution is 2.28. The maximum atomic E-state index is 13.2. The Balaban J connectivity index is 1.55. The van der Waals surface area contributed by atoms with Crippen molar-refractivity contribution in [3.8, 4) is 5.69 Å². The third-order valence-corrected chi connectivity index (χ3v) is 6.20. The zero-order valence-corrected chi connectivity index (χ0v) is 19.8. The molecule has 0 aliphatic carbocycles. The summed E-state index contributed by atoms with van der Waals surface area (Å²) in [6, 6.07) is 23.8. The maximum absolute atomic E-state index is 13.2. The average molecular weight is 473 g/mol. The van der Waals surface area contributed by atoms with Crippen molar-refractivity contribution in [3.05, 3.63) is 113 Å². The minimum atomic E-state index is -0.373. The number of nitrogens with zero attached hydrogens (tertiary/aromatic N) is 3. The Labute approximate surface area is 202 Å². The molecule has 1 atom stereocenters. The van der Waals surface area contributed by atoms with Gasteiger partial charge in [0, 0.05) is 17.5 Å². The van der Waals surface area contributed by atoms with Crippen LogP contribution < -0.4 is 5.32 Å². The SMILES string of the molecule is Cc1ccc(-n2c(SCc3ccc(F)cc3)nnc2C(C)NC(=O)/C=C/c2ccccc2)cc1. The number of benzene rings is 3. The summed E-state index contributed by atoms with van der Waals surface area (Å²) in [5.41, 5.74) is 3.99. The van der Waals surface area contributed by atoms with Crippen molar-refractivity contribution in [2.75, 3.05) is 0 Å². The Bertz CT molecular complexity index is 1270. The highest BCUT2D eigenvalue weighted by molar-refractivity contribution is 7.98. The quantitative estimate of drug-likeness (QED) is 0.256. The van der Waals surface area contributed by atoms with Gasteiger partial charge in [0.05, 0.1) is 6.04 Å². The largest absolute Gasteiger partial charge is 0.343 e. The molecule has 0 radical (unpaired) electrons. The summed E-state index contributed by atoms with van der Waals surface area (Å²) in [7, 11) is 0. The van der Waals surface area contributed by atoms with Gasteiger partial charge in [-0.1, -0.05) is 71.9 Å². The molecule has 0 spiro atoms. The second-order valence-electron chi connectivity index (χ2n) is 7.90. The highest BCUT2D eigenvalue weighted by atomic mass is 32.2. The summed E-state index contributed by atoms with van der Waals surface area (Å²) >= 11 is 1.51. The first-order valence-electron chi connectivity index (χ1n) is 10.9. The van der Waals surface area contributed by atoms with Crippen molar-refractivity contribution in [3.63, 3.8) is 0 Å². The van der Waals surface area contributed by atoms with Crippen LogP contribution in [0.4, 0.5) is 4.39 Å². The van der Waals surface area contributed by atoms with E-state index < -0.39 is 0 Å². The molecular weight excluding hydrogens is 447 g/mol. The number of hydrogen-bond acceptors (Lipinski definition) is 4. The molecule has 0 aliphatic rings. The maximum Gasteiger partial charge on any atom is 0.244 e. The van der Waals surface area contributed by atoms with Crippen LogP contribution in [0.3, 0.4) is 0 Å². The molecule has 7 heteroatoms. The first-order valence-corrected chi connectivity index (χ1v) is 11.9. The van der Waals surface area contributed by atoms with Crippen LogP contribution in [0.15, 0.2) is 90.1 Å². The van der Waals surface area contributed by atoms with E-state index in [1.165, 1.54) is 30.0 Å². The van der Waals surface area contributed by atoms with E-state index >= 15 is 0 Å². The lowest BCUT2D eigenvalue weighted by atomic mass is 10.2. The molecule has 0 aliphatic heterocycles. The van der Waals surface area contributed by atoms with E-state index in [0.717, 1.165) is 22.4 Å². The van der Waals surface area contributed by atoms with E-state index in [-0.39, 0.29) is 17.8 Å². The van der Waals surface area contributed by atoms with Gasteiger partial charge in [0.1, 0.15) is 5.82 Å². The molecule has 5 nitrogen and oxygen atoms in total. The van der Waals surface area contributed by atoms with Crippen LogP contribution in [0.1, 0.15) is 35.5 Å². The number of amides is 1. The molecule has 3 aromatic carbocycles. The zero-order chi connectivity index (χ0) is 23.9. The van der Waals surface area contributed by atoms with Gasteiger partial charge in [-0.05, 0) is 55.3 Å². The van der Waals surface area contributed by atoms with Crippen LogP contribution in [-0.4, -0.2) is 20.7 Å². The van der Waals surface area contributed by atoms with Gasteiger partial charge in [-0.15, -0.1) is 10.2 Å². The summed E-state index contributed by atoms with van der Waals surface area (Å²) in [4.78, 5) is 12.5. The lowest BCUT2D eigenvalue weighted by Crippen LogP contribution is -2.27. The van der Waals surface area contributed by atoms with Gasteiger partial charge in [-0.3, -0.25) is 9.36 Å².